The molecule has 0 aliphatic heterocycles. The molecular formula is C16H24N2O. The van der Waals surface area contributed by atoms with Gasteiger partial charge in [-0.25, -0.2) is 0 Å². The van der Waals surface area contributed by atoms with Gasteiger partial charge >= 0.3 is 0 Å². The molecule has 3 heteroatoms. The number of rotatable bonds is 2. The van der Waals surface area contributed by atoms with Crippen LogP contribution < -0.4 is 10.5 Å². The van der Waals surface area contributed by atoms with Crippen molar-refractivity contribution in [3.63, 3.8) is 0 Å². The maximum Gasteiger partial charge on any atom is 0.122 e. The van der Waals surface area contributed by atoms with Crippen molar-refractivity contribution in [3.8, 4) is 11.8 Å². The summed E-state index contributed by atoms with van der Waals surface area (Å²) in [6.45, 7) is 4.02. The maximum atomic E-state index is 8.96. The molecule has 1 saturated carbocycles. The summed E-state index contributed by atoms with van der Waals surface area (Å²) in [7, 11) is 1.50. The Morgan fingerprint density at radius 3 is 2.32 bits per heavy atom. The van der Waals surface area contributed by atoms with E-state index in [9.17, 15) is 0 Å². The van der Waals surface area contributed by atoms with Crippen LogP contribution in [0.5, 0.6) is 5.75 Å². The SMILES string of the molecule is CN.Cc1c(C#N)ccc(OC2CCCCC2)c1C. The molecule has 0 aromatic heterocycles. The summed E-state index contributed by atoms with van der Waals surface area (Å²) in [6, 6.07) is 6.01. The zero-order valence-electron chi connectivity index (χ0n) is 12.2. The fourth-order valence-corrected chi connectivity index (χ4v) is 2.41. The quantitative estimate of drug-likeness (QED) is 0.885. The molecule has 0 bridgehead atoms. The molecule has 2 N–H and O–H groups in total. The molecule has 1 fully saturated rings. The Hall–Kier alpha value is -1.53. The third-order valence-electron chi connectivity index (χ3n) is 3.70. The lowest BCUT2D eigenvalue weighted by Gasteiger charge is -2.24. The molecule has 104 valence electrons. The van der Waals surface area contributed by atoms with E-state index in [0.717, 1.165) is 22.4 Å². The number of hydrogen-bond donors (Lipinski definition) is 1. The topological polar surface area (TPSA) is 59.0 Å². The minimum Gasteiger partial charge on any atom is -0.490 e. The van der Waals surface area contributed by atoms with Crippen LogP contribution in [0.3, 0.4) is 0 Å². The molecule has 0 heterocycles. The van der Waals surface area contributed by atoms with Crippen LogP contribution in [0.2, 0.25) is 0 Å². The van der Waals surface area contributed by atoms with Crippen molar-refractivity contribution in [2.45, 2.75) is 52.1 Å². The average molecular weight is 260 g/mol. The summed E-state index contributed by atoms with van der Waals surface area (Å²) < 4.78 is 6.06. The molecule has 1 aliphatic carbocycles. The highest BCUT2D eigenvalue weighted by Crippen LogP contribution is 2.28. The van der Waals surface area contributed by atoms with Gasteiger partial charge in [-0.2, -0.15) is 5.26 Å². The average Bonchev–Trinajstić information content (AvgIpc) is 2.47. The number of nitriles is 1. The minimum atomic E-state index is 0.370. The van der Waals surface area contributed by atoms with Crippen LogP contribution in [0.1, 0.15) is 48.8 Å². The molecule has 1 aliphatic rings. The van der Waals surface area contributed by atoms with E-state index in [1.54, 1.807) is 0 Å². The third-order valence-corrected chi connectivity index (χ3v) is 3.70. The Kier molecular flexibility index (Phi) is 6.38. The lowest BCUT2D eigenvalue weighted by molar-refractivity contribution is 0.154. The fraction of sp³-hybridized carbons (Fsp3) is 0.562. The first kappa shape index (κ1) is 15.5. The zero-order chi connectivity index (χ0) is 14.3. The Morgan fingerprint density at radius 1 is 1.11 bits per heavy atom. The number of hydrogen-bond acceptors (Lipinski definition) is 3. The Bertz CT molecular complexity index is 443. The van der Waals surface area contributed by atoms with Gasteiger partial charge in [-0.15, -0.1) is 0 Å². The summed E-state index contributed by atoms with van der Waals surface area (Å²) in [4.78, 5) is 0. The van der Waals surface area contributed by atoms with Gasteiger partial charge in [0.1, 0.15) is 5.75 Å². The van der Waals surface area contributed by atoms with Crippen LogP contribution >= 0.6 is 0 Å². The molecule has 0 radical (unpaired) electrons. The van der Waals surface area contributed by atoms with E-state index in [1.165, 1.54) is 39.2 Å². The molecule has 1 aromatic rings. The van der Waals surface area contributed by atoms with E-state index >= 15 is 0 Å². The van der Waals surface area contributed by atoms with Crippen molar-refractivity contribution in [1.82, 2.24) is 0 Å². The van der Waals surface area contributed by atoms with Crippen molar-refractivity contribution in [2.24, 2.45) is 5.73 Å². The fourth-order valence-electron chi connectivity index (χ4n) is 2.41. The predicted molar refractivity (Wildman–Crippen MR) is 78.2 cm³/mol. The second-order valence-corrected chi connectivity index (χ2v) is 4.85. The van der Waals surface area contributed by atoms with Crippen molar-refractivity contribution in [1.29, 1.82) is 5.26 Å². The normalized spacial score (nSPS) is 15.1. The third kappa shape index (κ3) is 3.97. The molecule has 2 rings (SSSR count). The largest absolute Gasteiger partial charge is 0.490 e. The van der Waals surface area contributed by atoms with Crippen molar-refractivity contribution in [3.05, 3.63) is 28.8 Å². The van der Waals surface area contributed by atoms with Crippen LogP contribution in [0.25, 0.3) is 0 Å². The molecule has 0 spiro atoms. The minimum absolute atomic E-state index is 0.370. The van der Waals surface area contributed by atoms with Crippen molar-refractivity contribution in [2.75, 3.05) is 7.05 Å². The highest BCUT2D eigenvalue weighted by Gasteiger charge is 2.16. The molecule has 1 aromatic carbocycles. The van der Waals surface area contributed by atoms with Gasteiger partial charge in [0.2, 0.25) is 0 Å². The molecule has 19 heavy (non-hydrogen) atoms. The van der Waals surface area contributed by atoms with Crippen LogP contribution in [-0.4, -0.2) is 13.2 Å². The summed E-state index contributed by atoms with van der Waals surface area (Å²) in [5.41, 5.74) is 7.40. The van der Waals surface area contributed by atoms with Gasteiger partial charge in [0.15, 0.2) is 0 Å². The van der Waals surface area contributed by atoms with Crippen LogP contribution in [0.15, 0.2) is 12.1 Å². The first-order chi connectivity index (χ1) is 9.22. The summed E-state index contributed by atoms with van der Waals surface area (Å²) in [5.74, 6) is 0.952. The Morgan fingerprint density at radius 2 is 1.74 bits per heavy atom. The van der Waals surface area contributed by atoms with E-state index in [4.69, 9.17) is 10.00 Å². The van der Waals surface area contributed by atoms with E-state index in [1.807, 2.05) is 26.0 Å². The highest BCUT2D eigenvalue weighted by atomic mass is 16.5. The van der Waals surface area contributed by atoms with Crippen molar-refractivity contribution >= 4 is 0 Å². The molecule has 0 atom stereocenters. The zero-order valence-corrected chi connectivity index (χ0v) is 12.2. The number of nitrogens with two attached hydrogens (primary N) is 1. The maximum absolute atomic E-state index is 8.96. The summed E-state index contributed by atoms with van der Waals surface area (Å²) in [6.07, 6.45) is 6.59. The van der Waals surface area contributed by atoms with Crippen LogP contribution in [0.4, 0.5) is 0 Å². The molecule has 3 nitrogen and oxygen atoms in total. The number of ether oxygens (including phenoxy) is 1. The smallest absolute Gasteiger partial charge is 0.122 e. The van der Waals surface area contributed by atoms with Gasteiger partial charge in [0.05, 0.1) is 17.7 Å². The summed E-state index contributed by atoms with van der Waals surface area (Å²) >= 11 is 0. The molecular weight excluding hydrogens is 236 g/mol. The van der Waals surface area contributed by atoms with Gasteiger partial charge in [-0.1, -0.05) is 6.42 Å². The lowest BCUT2D eigenvalue weighted by Crippen LogP contribution is -2.20. The second kappa shape index (κ2) is 7.81. The molecule has 0 unspecified atom stereocenters. The molecule has 0 amide bonds. The number of nitrogens with zero attached hydrogens (tertiary/aromatic N) is 1. The van der Waals surface area contributed by atoms with E-state index in [0.29, 0.717) is 6.10 Å². The van der Waals surface area contributed by atoms with Gasteiger partial charge in [-0.3, -0.25) is 0 Å². The first-order valence-corrected chi connectivity index (χ1v) is 6.97. The van der Waals surface area contributed by atoms with Crippen molar-refractivity contribution < 1.29 is 4.74 Å². The monoisotopic (exact) mass is 260 g/mol. The Balaban J connectivity index is 0.000000861. The van der Waals surface area contributed by atoms with Gasteiger partial charge in [0, 0.05) is 0 Å². The standard InChI is InChI=1S/C15H19NO.CH5N/c1-11-12(2)15(9-8-13(11)10-16)17-14-6-4-3-5-7-14;1-2/h8-9,14H,3-7H2,1-2H3;2H2,1H3. The first-order valence-electron chi connectivity index (χ1n) is 6.97. The van der Waals surface area contributed by atoms with E-state index in [2.05, 4.69) is 11.8 Å². The lowest BCUT2D eigenvalue weighted by atomic mass is 9.97. The Labute approximate surface area is 116 Å². The molecule has 0 saturated heterocycles. The van der Waals surface area contributed by atoms with E-state index < -0.39 is 0 Å². The van der Waals surface area contributed by atoms with Crippen LogP contribution in [0, 0.1) is 25.2 Å². The van der Waals surface area contributed by atoms with Gasteiger partial charge in [-0.05, 0) is 69.8 Å². The highest BCUT2D eigenvalue weighted by molar-refractivity contribution is 5.48. The van der Waals surface area contributed by atoms with Gasteiger partial charge in [0.25, 0.3) is 0 Å². The van der Waals surface area contributed by atoms with Gasteiger partial charge < -0.3 is 10.5 Å². The predicted octanol–water partition coefficient (Wildman–Crippen LogP) is 3.46. The van der Waals surface area contributed by atoms with Crippen LogP contribution in [-0.2, 0) is 0 Å². The van der Waals surface area contributed by atoms with E-state index in [-0.39, 0.29) is 0 Å². The number of benzene rings is 1. The second-order valence-electron chi connectivity index (χ2n) is 4.85. The summed E-state index contributed by atoms with van der Waals surface area (Å²) in [5, 5.41) is 8.96.